The molecule has 0 aliphatic carbocycles. The highest BCUT2D eigenvalue weighted by Gasteiger charge is 2.28. The van der Waals surface area contributed by atoms with E-state index < -0.39 is 0 Å². The summed E-state index contributed by atoms with van der Waals surface area (Å²) in [6.07, 6.45) is 5.05. The molecular formula is C7H13NO. The molecule has 9 heavy (non-hydrogen) atoms. The standard InChI is InChI=1S/C7H13NO/c1-7(6-9)4-3-5-8(7)2/h3,5,9H,4,6H2,1-2H3. The quantitative estimate of drug-likeness (QED) is 0.557. The van der Waals surface area contributed by atoms with Crippen molar-refractivity contribution in [1.29, 1.82) is 0 Å². The van der Waals surface area contributed by atoms with Gasteiger partial charge < -0.3 is 10.0 Å². The molecule has 0 aromatic heterocycles. The largest absolute Gasteiger partial charge is 0.394 e. The smallest absolute Gasteiger partial charge is 0.0663 e. The van der Waals surface area contributed by atoms with Gasteiger partial charge in [-0.25, -0.2) is 0 Å². The van der Waals surface area contributed by atoms with Crippen LogP contribution in [0.2, 0.25) is 0 Å². The van der Waals surface area contributed by atoms with Crippen molar-refractivity contribution in [2.24, 2.45) is 0 Å². The van der Waals surface area contributed by atoms with Gasteiger partial charge in [-0.1, -0.05) is 6.08 Å². The van der Waals surface area contributed by atoms with Gasteiger partial charge in [-0.2, -0.15) is 0 Å². The summed E-state index contributed by atoms with van der Waals surface area (Å²) in [7, 11) is 1.99. The Morgan fingerprint density at radius 1 is 1.78 bits per heavy atom. The minimum Gasteiger partial charge on any atom is -0.394 e. The normalized spacial score (nSPS) is 33.9. The summed E-state index contributed by atoms with van der Waals surface area (Å²) in [4.78, 5) is 2.05. The Hall–Kier alpha value is -0.500. The highest BCUT2D eigenvalue weighted by atomic mass is 16.3. The van der Waals surface area contributed by atoms with Gasteiger partial charge in [0, 0.05) is 7.05 Å². The van der Waals surface area contributed by atoms with E-state index in [0.717, 1.165) is 6.42 Å². The molecule has 0 amide bonds. The Morgan fingerprint density at radius 3 is 2.67 bits per heavy atom. The SMILES string of the molecule is CN1C=CCC1(C)CO. The van der Waals surface area contributed by atoms with E-state index in [1.165, 1.54) is 0 Å². The lowest BCUT2D eigenvalue weighted by Crippen LogP contribution is -2.40. The fourth-order valence-corrected chi connectivity index (χ4v) is 0.965. The van der Waals surface area contributed by atoms with E-state index in [2.05, 4.69) is 6.08 Å². The number of rotatable bonds is 1. The van der Waals surface area contributed by atoms with E-state index in [0.29, 0.717) is 0 Å². The zero-order valence-corrected chi connectivity index (χ0v) is 5.96. The first-order valence-corrected chi connectivity index (χ1v) is 3.19. The monoisotopic (exact) mass is 127 g/mol. The van der Waals surface area contributed by atoms with Crippen LogP contribution in [-0.4, -0.2) is 29.2 Å². The number of likely N-dealkylation sites (N-methyl/N-ethyl adjacent to an activating group) is 1. The van der Waals surface area contributed by atoms with Gasteiger partial charge in [0.1, 0.15) is 0 Å². The fourth-order valence-electron chi connectivity index (χ4n) is 0.965. The van der Waals surface area contributed by atoms with Crippen LogP contribution in [0.1, 0.15) is 13.3 Å². The van der Waals surface area contributed by atoms with E-state index >= 15 is 0 Å². The maximum Gasteiger partial charge on any atom is 0.0663 e. The molecule has 0 radical (unpaired) electrons. The molecule has 1 unspecified atom stereocenters. The van der Waals surface area contributed by atoms with Gasteiger partial charge in [-0.05, 0) is 19.5 Å². The van der Waals surface area contributed by atoms with Gasteiger partial charge in [-0.3, -0.25) is 0 Å². The summed E-state index contributed by atoms with van der Waals surface area (Å²) >= 11 is 0. The highest BCUT2D eigenvalue weighted by molar-refractivity contribution is 5.04. The zero-order valence-electron chi connectivity index (χ0n) is 5.96. The third-order valence-electron chi connectivity index (χ3n) is 2.08. The predicted octanol–water partition coefficient (Wildman–Crippen LogP) is 0.587. The summed E-state index contributed by atoms with van der Waals surface area (Å²) < 4.78 is 0. The molecule has 1 N–H and O–H groups in total. The van der Waals surface area contributed by atoms with E-state index in [4.69, 9.17) is 5.11 Å². The van der Waals surface area contributed by atoms with Gasteiger partial charge in [0.25, 0.3) is 0 Å². The molecule has 1 atom stereocenters. The van der Waals surface area contributed by atoms with Gasteiger partial charge in [-0.15, -0.1) is 0 Å². The Balaban J connectivity index is 2.62. The van der Waals surface area contributed by atoms with Crippen LogP contribution < -0.4 is 0 Å². The second-order valence-electron chi connectivity index (χ2n) is 2.85. The molecule has 52 valence electrons. The van der Waals surface area contributed by atoms with Crippen LogP contribution in [0.3, 0.4) is 0 Å². The number of aliphatic hydroxyl groups excluding tert-OH is 1. The first-order chi connectivity index (χ1) is 4.19. The fraction of sp³-hybridized carbons (Fsp3) is 0.714. The van der Waals surface area contributed by atoms with Crippen LogP contribution in [0, 0.1) is 0 Å². The Morgan fingerprint density at radius 2 is 2.44 bits per heavy atom. The average molecular weight is 127 g/mol. The van der Waals surface area contributed by atoms with Gasteiger partial charge in [0.2, 0.25) is 0 Å². The first-order valence-electron chi connectivity index (χ1n) is 3.19. The summed E-state index contributed by atoms with van der Waals surface area (Å²) in [6.45, 7) is 2.28. The second kappa shape index (κ2) is 2.03. The minimum atomic E-state index is -0.0278. The zero-order chi connectivity index (χ0) is 6.91. The van der Waals surface area contributed by atoms with E-state index in [1.807, 2.05) is 25.1 Å². The van der Waals surface area contributed by atoms with Crippen molar-refractivity contribution in [2.45, 2.75) is 18.9 Å². The molecule has 1 heterocycles. The van der Waals surface area contributed by atoms with Crippen LogP contribution in [0.15, 0.2) is 12.3 Å². The van der Waals surface area contributed by atoms with Crippen molar-refractivity contribution < 1.29 is 5.11 Å². The summed E-state index contributed by atoms with van der Waals surface area (Å²) in [5.74, 6) is 0. The molecule has 0 spiro atoms. The molecule has 1 aliphatic heterocycles. The maximum absolute atomic E-state index is 8.91. The number of hydrogen-bond donors (Lipinski definition) is 1. The van der Waals surface area contributed by atoms with Crippen LogP contribution in [-0.2, 0) is 0 Å². The van der Waals surface area contributed by atoms with E-state index in [1.54, 1.807) is 0 Å². The van der Waals surface area contributed by atoms with Crippen molar-refractivity contribution in [3.8, 4) is 0 Å². The third kappa shape index (κ3) is 0.944. The molecule has 2 nitrogen and oxygen atoms in total. The number of nitrogens with zero attached hydrogens (tertiary/aromatic N) is 1. The van der Waals surface area contributed by atoms with E-state index in [-0.39, 0.29) is 12.1 Å². The Kier molecular flexibility index (Phi) is 1.49. The second-order valence-corrected chi connectivity index (χ2v) is 2.85. The molecule has 0 saturated heterocycles. The van der Waals surface area contributed by atoms with Crippen LogP contribution >= 0.6 is 0 Å². The van der Waals surface area contributed by atoms with Crippen molar-refractivity contribution in [3.05, 3.63) is 12.3 Å². The van der Waals surface area contributed by atoms with Crippen LogP contribution in [0.25, 0.3) is 0 Å². The molecular weight excluding hydrogens is 114 g/mol. The van der Waals surface area contributed by atoms with Crippen molar-refractivity contribution >= 4 is 0 Å². The average Bonchev–Trinajstić information content (AvgIpc) is 2.15. The first kappa shape index (κ1) is 6.62. The predicted molar refractivity (Wildman–Crippen MR) is 37.0 cm³/mol. The lowest BCUT2D eigenvalue weighted by atomic mass is 10.0. The van der Waals surface area contributed by atoms with Crippen molar-refractivity contribution in [2.75, 3.05) is 13.7 Å². The topological polar surface area (TPSA) is 23.5 Å². The molecule has 0 fully saturated rings. The molecule has 1 aliphatic rings. The summed E-state index contributed by atoms with van der Waals surface area (Å²) in [5.41, 5.74) is -0.0278. The molecule has 0 saturated carbocycles. The molecule has 1 rings (SSSR count). The molecule has 0 bridgehead atoms. The van der Waals surface area contributed by atoms with Gasteiger partial charge >= 0.3 is 0 Å². The molecule has 0 aromatic carbocycles. The lowest BCUT2D eigenvalue weighted by Gasteiger charge is -2.30. The maximum atomic E-state index is 8.91. The van der Waals surface area contributed by atoms with Crippen LogP contribution in [0.4, 0.5) is 0 Å². The lowest BCUT2D eigenvalue weighted by molar-refractivity contribution is 0.115. The van der Waals surface area contributed by atoms with E-state index in [9.17, 15) is 0 Å². The molecule has 0 aromatic rings. The highest BCUT2D eigenvalue weighted by Crippen LogP contribution is 2.23. The molecule has 2 heteroatoms. The van der Waals surface area contributed by atoms with Gasteiger partial charge in [0.15, 0.2) is 0 Å². The summed E-state index contributed by atoms with van der Waals surface area (Å²) in [5, 5.41) is 8.91. The van der Waals surface area contributed by atoms with Crippen LogP contribution in [0.5, 0.6) is 0 Å². The Bertz CT molecular complexity index is 133. The van der Waals surface area contributed by atoms with Gasteiger partial charge in [0.05, 0.1) is 12.1 Å². The van der Waals surface area contributed by atoms with Crippen molar-refractivity contribution in [1.82, 2.24) is 4.90 Å². The number of hydrogen-bond acceptors (Lipinski definition) is 2. The third-order valence-corrected chi connectivity index (χ3v) is 2.08. The summed E-state index contributed by atoms with van der Waals surface area (Å²) in [6, 6.07) is 0. The number of aliphatic hydroxyl groups is 1. The van der Waals surface area contributed by atoms with Crippen molar-refractivity contribution in [3.63, 3.8) is 0 Å². The Labute approximate surface area is 55.8 Å². The minimum absolute atomic E-state index is 0.0278.